The Bertz CT molecular complexity index is 1170. The smallest absolute Gasteiger partial charge is 0.282 e. The van der Waals surface area contributed by atoms with Crippen LogP contribution in [0, 0.1) is 0 Å². The van der Waals surface area contributed by atoms with Crippen molar-refractivity contribution in [3.05, 3.63) is 89.1 Å². The first-order chi connectivity index (χ1) is 15.0. The Morgan fingerprint density at radius 1 is 0.806 bits per heavy atom. The highest BCUT2D eigenvalue weighted by Gasteiger charge is 2.40. The molecule has 0 aliphatic carbocycles. The number of carbonyl (C=O) groups is 2. The third-order valence-corrected chi connectivity index (χ3v) is 5.14. The minimum absolute atomic E-state index is 0.181. The van der Waals surface area contributed by atoms with E-state index in [0.717, 1.165) is 4.90 Å². The Morgan fingerprint density at radius 2 is 1.48 bits per heavy atom. The molecule has 0 atom stereocenters. The highest BCUT2D eigenvalue weighted by molar-refractivity contribution is 6.46. The molecular weight excluding hydrogens is 416 g/mol. The lowest BCUT2D eigenvalue weighted by Crippen LogP contribution is -2.32. The van der Waals surface area contributed by atoms with Crippen LogP contribution < -0.4 is 19.7 Å². The van der Waals surface area contributed by atoms with Crippen LogP contribution in [0.4, 0.5) is 11.4 Å². The van der Waals surface area contributed by atoms with Gasteiger partial charge in [0.15, 0.2) is 0 Å². The van der Waals surface area contributed by atoms with Crippen molar-refractivity contribution in [3.63, 3.8) is 0 Å². The Kier molecular flexibility index (Phi) is 5.64. The van der Waals surface area contributed by atoms with Gasteiger partial charge in [0.05, 0.1) is 25.5 Å². The van der Waals surface area contributed by atoms with Crippen molar-refractivity contribution < 1.29 is 19.1 Å². The molecule has 0 saturated heterocycles. The van der Waals surface area contributed by atoms with Crippen LogP contribution >= 0.6 is 11.6 Å². The van der Waals surface area contributed by atoms with Gasteiger partial charge in [-0.15, -0.1) is 0 Å². The van der Waals surface area contributed by atoms with Crippen LogP contribution in [0.25, 0.3) is 5.57 Å². The van der Waals surface area contributed by atoms with E-state index < -0.39 is 11.8 Å². The third-order valence-electron chi connectivity index (χ3n) is 4.89. The second-order valence-electron chi connectivity index (χ2n) is 6.76. The maximum Gasteiger partial charge on any atom is 0.282 e. The Balaban J connectivity index is 1.79. The molecule has 0 fully saturated rings. The quantitative estimate of drug-likeness (QED) is 0.567. The number of imide groups is 1. The van der Waals surface area contributed by atoms with Crippen LogP contribution in [0.15, 0.2) is 78.5 Å². The van der Waals surface area contributed by atoms with E-state index in [-0.39, 0.29) is 11.3 Å². The van der Waals surface area contributed by atoms with Crippen LogP contribution in [-0.2, 0) is 9.59 Å². The average molecular weight is 435 g/mol. The van der Waals surface area contributed by atoms with Crippen molar-refractivity contribution >= 4 is 40.4 Å². The SMILES string of the molecule is COc1ccc(NC2=C(c3ccc(Cl)cc3)C(=O)N(c3cccc(OC)c3)C2=O)cc1. The molecule has 0 saturated carbocycles. The molecule has 6 nitrogen and oxygen atoms in total. The summed E-state index contributed by atoms with van der Waals surface area (Å²) in [6.07, 6.45) is 0. The molecule has 3 aromatic carbocycles. The van der Waals surface area contributed by atoms with E-state index in [2.05, 4.69) is 5.32 Å². The highest BCUT2D eigenvalue weighted by atomic mass is 35.5. The van der Waals surface area contributed by atoms with Gasteiger partial charge in [-0.25, -0.2) is 4.90 Å². The van der Waals surface area contributed by atoms with E-state index in [1.54, 1.807) is 79.9 Å². The maximum atomic E-state index is 13.4. The van der Waals surface area contributed by atoms with E-state index in [1.807, 2.05) is 0 Å². The number of methoxy groups -OCH3 is 2. The van der Waals surface area contributed by atoms with E-state index >= 15 is 0 Å². The molecule has 0 unspecified atom stereocenters. The molecule has 156 valence electrons. The summed E-state index contributed by atoms with van der Waals surface area (Å²) >= 11 is 6.02. The van der Waals surface area contributed by atoms with Crippen LogP contribution in [0.3, 0.4) is 0 Å². The molecule has 1 N–H and O–H groups in total. The summed E-state index contributed by atoms with van der Waals surface area (Å²) in [5.74, 6) is 0.336. The topological polar surface area (TPSA) is 67.9 Å². The van der Waals surface area contributed by atoms with Gasteiger partial charge >= 0.3 is 0 Å². The van der Waals surface area contributed by atoms with Crippen LogP contribution in [0.5, 0.6) is 11.5 Å². The molecule has 0 radical (unpaired) electrons. The number of hydrogen-bond acceptors (Lipinski definition) is 5. The number of anilines is 2. The third kappa shape index (κ3) is 3.98. The zero-order valence-electron chi connectivity index (χ0n) is 16.9. The molecule has 4 rings (SSSR count). The molecule has 0 spiro atoms. The van der Waals surface area contributed by atoms with Crippen molar-refractivity contribution in [2.45, 2.75) is 0 Å². The number of ether oxygens (including phenoxy) is 2. The molecule has 1 heterocycles. The number of hydrogen-bond donors (Lipinski definition) is 1. The zero-order chi connectivity index (χ0) is 22.0. The number of nitrogens with zero attached hydrogens (tertiary/aromatic N) is 1. The largest absolute Gasteiger partial charge is 0.497 e. The van der Waals surface area contributed by atoms with E-state index in [9.17, 15) is 9.59 Å². The fourth-order valence-corrected chi connectivity index (χ4v) is 3.46. The highest BCUT2D eigenvalue weighted by Crippen LogP contribution is 2.35. The van der Waals surface area contributed by atoms with Gasteiger partial charge in [0.2, 0.25) is 0 Å². The lowest BCUT2D eigenvalue weighted by Gasteiger charge is -2.16. The molecule has 0 aromatic heterocycles. The van der Waals surface area contributed by atoms with Crippen molar-refractivity contribution in [1.82, 2.24) is 0 Å². The summed E-state index contributed by atoms with van der Waals surface area (Å²) in [5, 5.41) is 3.65. The van der Waals surface area contributed by atoms with Crippen LogP contribution in [-0.4, -0.2) is 26.0 Å². The minimum atomic E-state index is -0.459. The second-order valence-corrected chi connectivity index (χ2v) is 7.19. The Morgan fingerprint density at radius 3 is 2.13 bits per heavy atom. The van der Waals surface area contributed by atoms with Gasteiger partial charge in [0.25, 0.3) is 11.8 Å². The first-order valence-corrected chi connectivity index (χ1v) is 9.83. The van der Waals surface area contributed by atoms with Crippen molar-refractivity contribution in [3.8, 4) is 11.5 Å². The number of nitrogens with one attached hydrogen (secondary N) is 1. The molecule has 1 aliphatic rings. The maximum absolute atomic E-state index is 13.4. The number of amides is 2. The number of carbonyl (C=O) groups excluding carboxylic acids is 2. The molecular formula is C24H19ClN2O4. The molecule has 1 aliphatic heterocycles. The van der Waals surface area contributed by atoms with Crippen LogP contribution in [0.2, 0.25) is 5.02 Å². The lowest BCUT2D eigenvalue weighted by atomic mass is 10.0. The zero-order valence-corrected chi connectivity index (χ0v) is 17.6. The molecule has 2 amide bonds. The summed E-state index contributed by atoms with van der Waals surface area (Å²) < 4.78 is 10.4. The first-order valence-electron chi connectivity index (χ1n) is 9.46. The minimum Gasteiger partial charge on any atom is -0.497 e. The Labute approximate surface area is 184 Å². The summed E-state index contributed by atoms with van der Waals surface area (Å²) in [6, 6.07) is 20.7. The summed E-state index contributed by atoms with van der Waals surface area (Å²) in [7, 11) is 3.11. The van der Waals surface area contributed by atoms with E-state index in [0.29, 0.717) is 33.5 Å². The average Bonchev–Trinajstić information content (AvgIpc) is 3.04. The fraction of sp³-hybridized carbons (Fsp3) is 0.0833. The lowest BCUT2D eigenvalue weighted by molar-refractivity contribution is -0.120. The molecule has 3 aromatic rings. The Hall–Kier alpha value is -3.77. The molecule has 31 heavy (non-hydrogen) atoms. The van der Waals surface area contributed by atoms with Crippen molar-refractivity contribution in [2.75, 3.05) is 24.4 Å². The van der Waals surface area contributed by atoms with Gasteiger partial charge in [-0.05, 0) is 54.1 Å². The van der Waals surface area contributed by atoms with Crippen molar-refractivity contribution in [2.24, 2.45) is 0 Å². The fourth-order valence-electron chi connectivity index (χ4n) is 3.33. The van der Waals surface area contributed by atoms with E-state index in [4.69, 9.17) is 21.1 Å². The van der Waals surface area contributed by atoms with Gasteiger partial charge in [-0.2, -0.15) is 0 Å². The first kappa shape index (κ1) is 20.5. The summed E-state index contributed by atoms with van der Waals surface area (Å²) in [5.41, 5.74) is 2.10. The van der Waals surface area contributed by atoms with Gasteiger partial charge in [-0.3, -0.25) is 9.59 Å². The number of rotatable bonds is 6. The number of benzene rings is 3. The second kappa shape index (κ2) is 8.53. The molecule has 7 heteroatoms. The summed E-state index contributed by atoms with van der Waals surface area (Å²) in [6.45, 7) is 0. The van der Waals surface area contributed by atoms with Gasteiger partial charge in [-0.1, -0.05) is 29.8 Å². The van der Waals surface area contributed by atoms with Gasteiger partial charge in [0, 0.05) is 16.8 Å². The van der Waals surface area contributed by atoms with Gasteiger partial charge in [0.1, 0.15) is 17.2 Å². The predicted molar refractivity (Wildman–Crippen MR) is 120 cm³/mol. The standard InChI is InChI=1S/C24H19ClN2O4/c1-30-19-12-10-17(11-13-19)26-22-21(15-6-8-16(25)9-7-15)23(28)27(24(22)29)18-4-3-5-20(14-18)31-2/h3-14,26H,1-2H3. The van der Waals surface area contributed by atoms with Crippen molar-refractivity contribution in [1.29, 1.82) is 0 Å². The predicted octanol–water partition coefficient (Wildman–Crippen LogP) is 4.75. The van der Waals surface area contributed by atoms with Crippen LogP contribution in [0.1, 0.15) is 5.56 Å². The van der Waals surface area contributed by atoms with Gasteiger partial charge < -0.3 is 14.8 Å². The summed E-state index contributed by atoms with van der Waals surface area (Å²) in [4.78, 5) is 27.9. The monoisotopic (exact) mass is 434 g/mol. The normalized spacial score (nSPS) is 13.6. The van der Waals surface area contributed by atoms with E-state index in [1.165, 1.54) is 7.11 Å². The number of halogens is 1. The molecule has 0 bridgehead atoms.